The van der Waals surface area contributed by atoms with Gasteiger partial charge in [0.15, 0.2) is 0 Å². The standard InChI is InChI=1S/C12H14BrN3S/c1-2-5-14-11(9-3-6-15-16-8-9)12-10(13)4-7-17-12/h3-4,6-8,11,14H,2,5H2,1H3. The summed E-state index contributed by atoms with van der Waals surface area (Å²) in [6.45, 7) is 3.15. The van der Waals surface area contributed by atoms with Crippen LogP contribution in [0, 0.1) is 0 Å². The molecule has 2 rings (SSSR count). The minimum atomic E-state index is 0.194. The smallest absolute Gasteiger partial charge is 0.0698 e. The highest BCUT2D eigenvalue weighted by Gasteiger charge is 2.17. The van der Waals surface area contributed by atoms with Crippen molar-refractivity contribution in [2.45, 2.75) is 19.4 Å². The summed E-state index contributed by atoms with van der Waals surface area (Å²) >= 11 is 5.34. The van der Waals surface area contributed by atoms with Crippen molar-refractivity contribution in [1.82, 2.24) is 15.5 Å². The molecular formula is C12H14BrN3S. The number of nitrogens with one attached hydrogen (secondary N) is 1. The normalized spacial score (nSPS) is 12.6. The van der Waals surface area contributed by atoms with Gasteiger partial charge in [-0.05, 0) is 52.0 Å². The minimum absolute atomic E-state index is 0.194. The van der Waals surface area contributed by atoms with Gasteiger partial charge in [0.25, 0.3) is 0 Å². The molecule has 0 aliphatic heterocycles. The fraction of sp³-hybridized carbons (Fsp3) is 0.333. The van der Waals surface area contributed by atoms with Gasteiger partial charge in [-0.3, -0.25) is 0 Å². The summed E-state index contributed by atoms with van der Waals surface area (Å²) in [5, 5.41) is 13.4. The minimum Gasteiger partial charge on any atom is -0.306 e. The van der Waals surface area contributed by atoms with Crippen molar-refractivity contribution in [2.24, 2.45) is 0 Å². The molecule has 2 heterocycles. The molecule has 0 radical (unpaired) electrons. The van der Waals surface area contributed by atoms with Crippen LogP contribution in [0.2, 0.25) is 0 Å². The van der Waals surface area contributed by atoms with Gasteiger partial charge in [-0.2, -0.15) is 10.2 Å². The SMILES string of the molecule is CCCNC(c1ccnnc1)c1sccc1Br. The molecule has 1 unspecified atom stereocenters. The molecule has 90 valence electrons. The van der Waals surface area contributed by atoms with Crippen LogP contribution in [0.3, 0.4) is 0 Å². The maximum absolute atomic E-state index is 3.95. The lowest BCUT2D eigenvalue weighted by Crippen LogP contribution is -2.22. The molecule has 0 bridgehead atoms. The van der Waals surface area contributed by atoms with Crippen LogP contribution in [-0.2, 0) is 0 Å². The highest BCUT2D eigenvalue weighted by molar-refractivity contribution is 9.10. The Balaban J connectivity index is 2.29. The molecule has 17 heavy (non-hydrogen) atoms. The van der Waals surface area contributed by atoms with E-state index in [0.29, 0.717) is 0 Å². The highest BCUT2D eigenvalue weighted by Crippen LogP contribution is 2.32. The maximum atomic E-state index is 3.95. The molecule has 1 atom stereocenters. The first-order valence-corrected chi connectivity index (χ1v) is 7.23. The predicted molar refractivity (Wildman–Crippen MR) is 74.2 cm³/mol. The van der Waals surface area contributed by atoms with Crippen LogP contribution in [0.15, 0.2) is 34.4 Å². The number of hydrogen-bond donors (Lipinski definition) is 1. The molecule has 0 spiro atoms. The van der Waals surface area contributed by atoms with Gasteiger partial charge in [-0.1, -0.05) is 6.92 Å². The summed E-state index contributed by atoms with van der Waals surface area (Å²) in [7, 11) is 0. The molecule has 2 aromatic heterocycles. The number of aromatic nitrogens is 2. The van der Waals surface area contributed by atoms with Gasteiger partial charge in [0, 0.05) is 15.5 Å². The average Bonchev–Trinajstić information content (AvgIpc) is 2.78. The molecule has 0 aliphatic carbocycles. The Labute approximate surface area is 113 Å². The zero-order chi connectivity index (χ0) is 12.1. The van der Waals surface area contributed by atoms with E-state index in [-0.39, 0.29) is 6.04 Å². The fourth-order valence-electron chi connectivity index (χ4n) is 1.63. The van der Waals surface area contributed by atoms with Crippen LogP contribution in [0.1, 0.15) is 29.8 Å². The molecule has 0 saturated carbocycles. The van der Waals surface area contributed by atoms with Crippen molar-refractivity contribution >= 4 is 27.3 Å². The summed E-state index contributed by atoms with van der Waals surface area (Å²) in [5.74, 6) is 0. The number of thiophene rings is 1. The van der Waals surface area contributed by atoms with Crippen LogP contribution < -0.4 is 5.32 Å². The van der Waals surface area contributed by atoms with Crippen molar-refractivity contribution in [1.29, 1.82) is 0 Å². The van der Waals surface area contributed by atoms with E-state index in [0.717, 1.165) is 23.0 Å². The van der Waals surface area contributed by atoms with Gasteiger partial charge in [-0.15, -0.1) is 11.3 Å². The molecular weight excluding hydrogens is 298 g/mol. The van der Waals surface area contributed by atoms with Gasteiger partial charge in [-0.25, -0.2) is 0 Å². The Morgan fingerprint density at radius 1 is 1.41 bits per heavy atom. The summed E-state index contributed by atoms with van der Waals surface area (Å²) in [6, 6.07) is 4.28. The Morgan fingerprint density at radius 3 is 2.88 bits per heavy atom. The van der Waals surface area contributed by atoms with Gasteiger partial charge in [0.05, 0.1) is 12.2 Å². The lowest BCUT2D eigenvalue weighted by Gasteiger charge is -2.17. The second kappa shape index (κ2) is 6.23. The number of rotatable bonds is 5. The summed E-state index contributed by atoms with van der Waals surface area (Å²) in [6.07, 6.45) is 4.66. The van der Waals surface area contributed by atoms with Crippen molar-refractivity contribution in [3.05, 3.63) is 44.8 Å². The third-order valence-corrected chi connectivity index (χ3v) is 4.38. The van der Waals surface area contributed by atoms with Gasteiger partial charge in [0.2, 0.25) is 0 Å². The maximum Gasteiger partial charge on any atom is 0.0698 e. The van der Waals surface area contributed by atoms with E-state index in [4.69, 9.17) is 0 Å². The van der Waals surface area contributed by atoms with Gasteiger partial charge in [0.1, 0.15) is 0 Å². The first-order valence-electron chi connectivity index (χ1n) is 5.55. The first-order chi connectivity index (χ1) is 8.33. The first kappa shape index (κ1) is 12.7. The van der Waals surface area contributed by atoms with E-state index in [1.165, 1.54) is 4.88 Å². The zero-order valence-corrected chi connectivity index (χ0v) is 12.0. The largest absolute Gasteiger partial charge is 0.306 e. The molecule has 0 aromatic carbocycles. The molecule has 5 heteroatoms. The van der Waals surface area contributed by atoms with Gasteiger partial charge >= 0.3 is 0 Å². The van der Waals surface area contributed by atoms with E-state index >= 15 is 0 Å². The Hall–Kier alpha value is -0.780. The lowest BCUT2D eigenvalue weighted by atomic mass is 10.1. The summed E-state index contributed by atoms with van der Waals surface area (Å²) in [5.41, 5.74) is 1.15. The van der Waals surface area contributed by atoms with Crippen molar-refractivity contribution in [3.8, 4) is 0 Å². The fourth-order valence-corrected chi connectivity index (χ4v) is 3.34. The second-order valence-electron chi connectivity index (χ2n) is 3.70. The molecule has 0 fully saturated rings. The summed E-state index contributed by atoms with van der Waals surface area (Å²) < 4.78 is 1.15. The van der Waals surface area contributed by atoms with Crippen LogP contribution in [0.5, 0.6) is 0 Å². The van der Waals surface area contributed by atoms with Gasteiger partial charge < -0.3 is 5.32 Å². The molecule has 2 aromatic rings. The third kappa shape index (κ3) is 3.12. The van der Waals surface area contributed by atoms with Crippen LogP contribution in [-0.4, -0.2) is 16.7 Å². The number of nitrogens with zero attached hydrogens (tertiary/aromatic N) is 2. The van der Waals surface area contributed by atoms with E-state index in [9.17, 15) is 0 Å². The zero-order valence-electron chi connectivity index (χ0n) is 9.56. The lowest BCUT2D eigenvalue weighted by molar-refractivity contribution is 0.601. The Bertz CT molecular complexity index is 458. The van der Waals surface area contributed by atoms with Crippen molar-refractivity contribution in [2.75, 3.05) is 6.54 Å². The molecule has 3 nitrogen and oxygen atoms in total. The molecule has 0 saturated heterocycles. The molecule has 0 amide bonds. The van der Waals surface area contributed by atoms with E-state index in [1.54, 1.807) is 17.5 Å². The molecule has 1 N–H and O–H groups in total. The second-order valence-corrected chi connectivity index (χ2v) is 5.50. The van der Waals surface area contributed by atoms with Crippen LogP contribution in [0.25, 0.3) is 0 Å². The van der Waals surface area contributed by atoms with E-state index < -0.39 is 0 Å². The van der Waals surface area contributed by atoms with E-state index in [2.05, 4.69) is 49.8 Å². The molecule has 0 aliphatic rings. The quantitative estimate of drug-likeness (QED) is 0.919. The third-order valence-electron chi connectivity index (χ3n) is 2.45. The predicted octanol–water partition coefficient (Wildman–Crippen LogP) is 3.39. The van der Waals surface area contributed by atoms with Crippen LogP contribution >= 0.6 is 27.3 Å². The average molecular weight is 312 g/mol. The Kier molecular flexibility index (Phi) is 4.65. The van der Waals surface area contributed by atoms with Crippen molar-refractivity contribution in [3.63, 3.8) is 0 Å². The highest BCUT2D eigenvalue weighted by atomic mass is 79.9. The topological polar surface area (TPSA) is 37.8 Å². The summed E-state index contributed by atoms with van der Waals surface area (Å²) in [4.78, 5) is 1.28. The number of hydrogen-bond acceptors (Lipinski definition) is 4. The number of halogens is 1. The van der Waals surface area contributed by atoms with E-state index in [1.807, 2.05) is 12.3 Å². The Morgan fingerprint density at radius 2 is 2.29 bits per heavy atom. The monoisotopic (exact) mass is 311 g/mol. The van der Waals surface area contributed by atoms with Crippen LogP contribution in [0.4, 0.5) is 0 Å². The van der Waals surface area contributed by atoms with Crippen molar-refractivity contribution < 1.29 is 0 Å².